The first kappa shape index (κ1) is 14.0. The fraction of sp³-hybridized carbons (Fsp3) is 0.846. The highest BCUT2D eigenvalue weighted by Gasteiger charge is 2.44. The molecule has 0 radical (unpaired) electrons. The van der Waals surface area contributed by atoms with Gasteiger partial charge in [0.15, 0.2) is 0 Å². The molecule has 4 nitrogen and oxygen atoms in total. The Bertz CT molecular complexity index is 280. The van der Waals surface area contributed by atoms with E-state index in [4.69, 9.17) is 10.00 Å². The van der Waals surface area contributed by atoms with Gasteiger partial charge in [-0.15, -0.1) is 0 Å². The van der Waals surface area contributed by atoms with Crippen molar-refractivity contribution in [2.45, 2.75) is 45.4 Å². The predicted molar refractivity (Wildman–Crippen MR) is 65.3 cm³/mol. The molecule has 1 saturated carbocycles. The molecule has 96 valence electrons. The van der Waals surface area contributed by atoms with E-state index >= 15 is 0 Å². The van der Waals surface area contributed by atoms with E-state index in [1.165, 1.54) is 0 Å². The Labute approximate surface area is 103 Å². The highest BCUT2D eigenvalue weighted by atomic mass is 16.5. The number of hydrogen-bond acceptors (Lipinski definition) is 3. The quantitative estimate of drug-likeness (QED) is 0.658. The van der Waals surface area contributed by atoms with E-state index in [0.717, 1.165) is 32.3 Å². The molecule has 0 aliphatic heterocycles. The molecule has 1 N–H and O–H groups in total. The summed E-state index contributed by atoms with van der Waals surface area (Å²) in [5, 5.41) is 11.8. The van der Waals surface area contributed by atoms with Crippen molar-refractivity contribution < 1.29 is 9.53 Å². The van der Waals surface area contributed by atoms with Gasteiger partial charge in [-0.1, -0.05) is 13.3 Å². The second kappa shape index (κ2) is 7.29. The Morgan fingerprint density at radius 1 is 1.41 bits per heavy atom. The van der Waals surface area contributed by atoms with Gasteiger partial charge in [0.05, 0.1) is 6.07 Å². The van der Waals surface area contributed by atoms with Crippen LogP contribution in [-0.4, -0.2) is 25.7 Å². The molecule has 4 heteroatoms. The van der Waals surface area contributed by atoms with Crippen molar-refractivity contribution in [2.24, 2.45) is 5.41 Å². The van der Waals surface area contributed by atoms with E-state index < -0.39 is 5.41 Å². The van der Waals surface area contributed by atoms with Crippen LogP contribution in [0.25, 0.3) is 0 Å². The molecule has 0 spiro atoms. The highest BCUT2D eigenvalue weighted by Crippen LogP contribution is 2.40. The van der Waals surface area contributed by atoms with Crippen LogP contribution in [0.15, 0.2) is 0 Å². The van der Waals surface area contributed by atoms with Crippen LogP contribution < -0.4 is 5.32 Å². The van der Waals surface area contributed by atoms with Gasteiger partial charge in [0, 0.05) is 19.8 Å². The van der Waals surface area contributed by atoms with Crippen molar-refractivity contribution in [1.82, 2.24) is 5.32 Å². The smallest absolute Gasteiger partial charge is 0.240 e. The van der Waals surface area contributed by atoms with E-state index in [1.54, 1.807) is 0 Å². The van der Waals surface area contributed by atoms with E-state index in [9.17, 15) is 4.79 Å². The molecule has 1 aliphatic rings. The minimum Gasteiger partial charge on any atom is -0.381 e. The highest BCUT2D eigenvalue weighted by molar-refractivity contribution is 5.86. The zero-order chi connectivity index (χ0) is 12.6. The van der Waals surface area contributed by atoms with Gasteiger partial charge in [-0.05, 0) is 32.1 Å². The molecule has 0 aromatic rings. The fourth-order valence-electron chi connectivity index (χ4n) is 1.81. The molecule has 1 rings (SSSR count). The number of hydrogen-bond donors (Lipinski definition) is 1. The summed E-state index contributed by atoms with van der Waals surface area (Å²) in [7, 11) is 0. The molecule has 0 saturated heterocycles. The van der Waals surface area contributed by atoms with E-state index in [1.807, 2.05) is 0 Å². The van der Waals surface area contributed by atoms with Crippen LogP contribution in [-0.2, 0) is 9.53 Å². The minimum atomic E-state index is -0.719. The number of nitrogens with zero attached hydrogens (tertiary/aromatic N) is 1. The maximum absolute atomic E-state index is 11.7. The molecule has 0 aromatic heterocycles. The number of carbonyl (C=O) groups is 1. The fourth-order valence-corrected chi connectivity index (χ4v) is 1.81. The van der Waals surface area contributed by atoms with Crippen LogP contribution in [0.4, 0.5) is 0 Å². The Morgan fingerprint density at radius 2 is 2.12 bits per heavy atom. The van der Waals surface area contributed by atoms with Crippen LogP contribution in [0.5, 0.6) is 0 Å². The standard InChI is InChI=1S/C13H22N2O2/c1-2-3-9-17-10-5-8-15-12(16)13(11-14)6-4-7-13/h2-10H2,1H3,(H,15,16). The van der Waals surface area contributed by atoms with Crippen LogP contribution in [0.2, 0.25) is 0 Å². The van der Waals surface area contributed by atoms with Crippen LogP contribution >= 0.6 is 0 Å². The van der Waals surface area contributed by atoms with Crippen LogP contribution in [0.1, 0.15) is 45.4 Å². The Balaban J connectivity index is 2.03. The summed E-state index contributed by atoms with van der Waals surface area (Å²) < 4.78 is 5.39. The van der Waals surface area contributed by atoms with Crippen molar-refractivity contribution in [2.75, 3.05) is 19.8 Å². The monoisotopic (exact) mass is 238 g/mol. The Hall–Kier alpha value is -1.08. The summed E-state index contributed by atoms with van der Waals surface area (Å²) in [5.74, 6) is -0.0974. The van der Waals surface area contributed by atoms with Gasteiger partial charge in [0.1, 0.15) is 5.41 Å². The topological polar surface area (TPSA) is 62.1 Å². The third-order valence-corrected chi connectivity index (χ3v) is 3.25. The number of amides is 1. The lowest BCUT2D eigenvalue weighted by Gasteiger charge is -2.33. The molecule has 0 unspecified atom stereocenters. The van der Waals surface area contributed by atoms with Crippen molar-refractivity contribution in [3.05, 3.63) is 0 Å². The minimum absolute atomic E-state index is 0.0974. The van der Waals surface area contributed by atoms with Crippen molar-refractivity contribution in [3.63, 3.8) is 0 Å². The molecular formula is C13H22N2O2. The zero-order valence-electron chi connectivity index (χ0n) is 10.6. The first-order valence-corrected chi connectivity index (χ1v) is 6.52. The number of carbonyl (C=O) groups excluding carboxylic acids is 1. The number of ether oxygens (including phenoxy) is 1. The van der Waals surface area contributed by atoms with Gasteiger partial charge in [0.25, 0.3) is 0 Å². The van der Waals surface area contributed by atoms with Gasteiger partial charge >= 0.3 is 0 Å². The second-order valence-corrected chi connectivity index (χ2v) is 4.62. The molecule has 0 atom stereocenters. The molecule has 1 amide bonds. The number of nitriles is 1. The lowest BCUT2D eigenvalue weighted by atomic mass is 9.69. The normalized spacial score (nSPS) is 16.9. The van der Waals surface area contributed by atoms with Crippen molar-refractivity contribution >= 4 is 5.91 Å². The Kier molecular flexibility index (Phi) is 5.99. The average Bonchev–Trinajstić information content (AvgIpc) is 2.27. The average molecular weight is 238 g/mol. The first-order valence-electron chi connectivity index (χ1n) is 6.52. The predicted octanol–water partition coefficient (Wildman–Crippen LogP) is 2.00. The lowest BCUT2D eigenvalue weighted by Crippen LogP contribution is -2.45. The van der Waals surface area contributed by atoms with Crippen LogP contribution in [0, 0.1) is 16.7 Å². The maximum atomic E-state index is 11.7. The van der Waals surface area contributed by atoms with Crippen molar-refractivity contribution in [3.8, 4) is 6.07 Å². The summed E-state index contributed by atoms with van der Waals surface area (Å²) in [6, 6.07) is 2.14. The summed E-state index contributed by atoms with van der Waals surface area (Å²) in [4.78, 5) is 11.7. The summed E-state index contributed by atoms with van der Waals surface area (Å²) >= 11 is 0. The van der Waals surface area contributed by atoms with Gasteiger partial charge < -0.3 is 10.1 Å². The maximum Gasteiger partial charge on any atom is 0.240 e. The van der Waals surface area contributed by atoms with E-state index in [0.29, 0.717) is 26.0 Å². The van der Waals surface area contributed by atoms with Gasteiger partial charge in [-0.2, -0.15) is 5.26 Å². The van der Waals surface area contributed by atoms with E-state index in [-0.39, 0.29) is 5.91 Å². The third-order valence-electron chi connectivity index (χ3n) is 3.25. The summed E-state index contributed by atoms with van der Waals surface area (Å²) in [5.41, 5.74) is -0.719. The summed E-state index contributed by atoms with van der Waals surface area (Å²) in [6.07, 6.45) is 5.45. The molecule has 0 bridgehead atoms. The van der Waals surface area contributed by atoms with Crippen LogP contribution in [0.3, 0.4) is 0 Å². The number of unbranched alkanes of at least 4 members (excludes halogenated alkanes) is 1. The lowest BCUT2D eigenvalue weighted by molar-refractivity contribution is -0.131. The SMILES string of the molecule is CCCCOCCCNC(=O)C1(C#N)CCC1. The molecule has 1 aliphatic carbocycles. The first-order chi connectivity index (χ1) is 8.25. The van der Waals surface area contributed by atoms with Gasteiger partial charge in [0.2, 0.25) is 5.91 Å². The van der Waals surface area contributed by atoms with E-state index in [2.05, 4.69) is 18.3 Å². The third kappa shape index (κ3) is 4.01. The van der Waals surface area contributed by atoms with Crippen molar-refractivity contribution in [1.29, 1.82) is 5.26 Å². The molecule has 0 heterocycles. The summed E-state index contributed by atoms with van der Waals surface area (Å²) in [6.45, 7) is 4.21. The largest absolute Gasteiger partial charge is 0.381 e. The molecular weight excluding hydrogens is 216 g/mol. The number of rotatable bonds is 8. The molecule has 0 aromatic carbocycles. The number of nitrogens with one attached hydrogen (secondary N) is 1. The Morgan fingerprint density at radius 3 is 2.65 bits per heavy atom. The second-order valence-electron chi connectivity index (χ2n) is 4.62. The molecule has 1 fully saturated rings. The zero-order valence-corrected chi connectivity index (χ0v) is 10.6. The van der Waals surface area contributed by atoms with Gasteiger partial charge in [-0.3, -0.25) is 4.79 Å². The van der Waals surface area contributed by atoms with Gasteiger partial charge in [-0.25, -0.2) is 0 Å². The molecule has 17 heavy (non-hydrogen) atoms.